The molecule has 0 radical (unpaired) electrons. The molecular weight excluding hydrogens is 206 g/mol. The largest absolute Gasteiger partial charge is 0.461 e. The predicted octanol–water partition coefficient (Wildman–Crippen LogP) is 1.53. The van der Waals surface area contributed by atoms with Gasteiger partial charge in [0.2, 0.25) is 0 Å². The van der Waals surface area contributed by atoms with Crippen molar-refractivity contribution in [2.45, 2.75) is 26.8 Å². The van der Waals surface area contributed by atoms with E-state index in [1.165, 1.54) is 0 Å². The molecule has 2 N–H and O–H groups in total. The minimum absolute atomic E-state index is 0.198. The van der Waals surface area contributed by atoms with Crippen LogP contribution in [0.2, 0.25) is 0 Å². The molecule has 1 aromatic rings. The van der Waals surface area contributed by atoms with Gasteiger partial charge < -0.3 is 15.0 Å². The van der Waals surface area contributed by atoms with Crippen LogP contribution in [0.15, 0.2) is 12.7 Å². The van der Waals surface area contributed by atoms with Crippen LogP contribution in [0.25, 0.3) is 0 Å². The molecule has 0 unspecified atom stereocenters. The summed E-state index contributed by atoms with van der Waals surface area (Å²) in [7, 11) is 0. The van der Waals surface area contributed by atoms with Crippen molar-refractivity contribution in [3.63, 3.8) is 0 Å². The van der Waals surface area contributed by atoms with Gasteiger partial charge in [-0.05, 0) is 20.3 Å². The minimum atomic E-state index is -0.472. The number of carbonyl (C=O) groups is 1. The van der Waals surface area contributed by atoms with Crippen molar-refractivity contribution in [2.75, 3.05) is 12.3 Å². The lowest BCUT2D eigenvalue weighted by atomic mass is 10.4. The van der Waals surface area contributed by atoms with Crippen LogP contribution in [0.4, 0.5) is 5.82 Å². The summed E-state index contributed by atoms with van der Waals surface area (Å²) >= 11 is 0. The van der Waals surface area contributed by atoms with E-state index in [1.807, 2.05) is 6.92 Å². The van der Waals surface area contributed by atoms with Crippen molar-refractivity contribution in [2.24, 2.45) is 0 Å². The first-order valence-electron chi connectivity index (χ1n) is 5.22. The second kappa shape index (κ2) is 5.34. The minimum Gasteiger partial charge on any atom is -0.461 e. The first kappa shape index (κ1) is 12.3. The third-order valence-electron chi connectivity index (χ3n) is 2.22. The molecule has 0 saturated heterocycles. The average molecular weight is 223 g/mol. The number of hydrogen-bond donors (Lipinski definition) is 1. The molecule has 16 heavy (non-hydrogen) atoms. The molecule has 0 amide bonds. The van der Waals surface area contributed by atoms with Crippen LogP contribution in [-0.2, 0) is 11.3 Å². The number of allylic oxidation sites excluding steroid dienone is 1. The Bertz CT molecular complexity index is 396. The summed E-state index contributed by atoms with van der Waals surface area (Å²) in [6.45, 7) is 8.18. The van der Waals surface area contributed by atoms with Crippen molar-refractivity contribution in [1.82, 2.24) is 9.55 Å². The molecule has 0 aliphatic carbocycles. The zero-order valence-electron chi connectivity index (χ0n) is 9.69. The van der Waals surface area contributed by atoms with E-state index in [-0.39, 0.29) is 5.69 Å². The highest BCUT2D eigenvalue weighted by molar-refractivity contribution is 5.92. The molecule has 5 heteroatoms. The molecule has 0 spiro atoms. The summed E-state index contributed by atoms with van der Waals surface area (Å²) in [5.74, 6) is 0.598. The Labute approximate surface area is 94.9 Å². The first-order chi connectivity index (χ1) is 7.61. The number of nitrogen functional groups attached to an aromatic ring is 1. The molecule has 0 fully saturated rings. The summed E-state index contributed by atoms with van der Waals surface area (Å²) in [5, 5.41) is 0. The normalized spacial score (nSPS) is 10.1. The van der Waals surface area contributed by atoms with E-state index in [0.717, 1.165) is 6.42 Å². The molecular formula is C11H17N3O2. The van der Waals surface area contributed by atoms with Gasteiger partial charge in [-0.3, -0.25) is 0 Å². The molecule has 0 saturated carbocycles. The van der Waals surface area contributed by atoms with Crippen molar-refractivity contribution in [3.05, 3.63) is 24.2 Å². The summed E-state index contributed by atoms with van der Waals surface area (Å²) in [6, 6.07) is 0. The number of esters is 1. The van der Waals surface area contributed by atoms with Gasteiger partial charge in [0.15, 0.2) is 5.69 Å². The lowest BCUT2D eigenvalue weighted by molar-refractivity contribution is 0.0521. The van der Waals surface area contributed by atoms with Gasteiger partial charge in [0.1, 0.15) is 11.6 Å². The molecule has 1 aromatic heterocycles. The maximum absolute atomic E-state index is 11.5. The van der Waals surface area contributed by atoms with Gasteiger partial charge in [0.25, 0.3) is 0 Å². The third kappa shape index (κ3) is 2.42. The summed E-state index contributed by atoms with van der Waals surface area (Å²) in [4.78, 5) is 15.6. The van der Waals surface area contributed by atoms with E-state index >= 15 is 0 Å². The van der Waals surface area contributed by atoms with E-state index in [1.54, 1.807) is 17.6 Å². The number of rotatable bonds is 5. The van der Waals surface area contributed by atoms with Gasteiger partial charge in [0.05, 0.1) is 6.61 Å². The fourth-order valence-corrected chi connectivity index (χ4v) is 1.43. The lowest BCUT2D eigenvalue weighted by Gasteiger charge is -2.05. The molecule has 0 aliphatic rings. The molecule has 0 aromatic carbocycles. The highest BCUT2D eigenvalue weighted by Gasteiger charge is 2.18. The Balaban J connectivity index is 2.96. The fourth-order valence-electron chi connectivity index (χ4n) is 1.43. The second-order valence-corrected chi connectivity index (χ2v) is 3.34. The Kier molecular flexibility index (Phi) is 4.10. The number of ether oxygens (including phenoxy) is 1. The SMILES string of the molecule is C=CCCn1c(C)nc(C(=O)OCC)c1N. The molecule has 0 bridgehead atoms. The molecule has 1 heterocycles. The Hall–Kier alpha value is -1.78. The molecule has 5 nitrogen and oxygen atoms in total. The summed E-state index contributed by atoms with van der Waals surface area (Å²) < 4.78 is 6.65. The molecule has 88 valence electrons. The summed E-state index contributed by atoms with van der Waals surface area (Å²) in [6.07, 6.45) is 2.58. The highest BCUT2D eigenvalue weighted by atomic mass is 16.5. The van der Waals surface area contributed by atoms with Gasteiger partial charge >= 0.3 is 5.97 Å². The number of aromatic nitrogens is 2. The van der Waals surface area contributed by atoms with Crippen LogP contribution in [0.5, 0.6) is 0 Å². The quantitative estimate of drug-likeness (QED) is 0.607. The van der Waals surface area contributed by atoms with E-state index in [2.05, 4.69) is 11.6 Å². The number of hydrogen-bond acceptors (Lipinski definition) is 4. The maximum Gasteiger partial charge on any atom is 0.360 e. The summed E-state index contributed by atoms with van der Waals surface area (Å²) in [5.41, 5.74) is 6.04. The second-order valence-electron chi connectivity index (χ2n) is 3.34. The average Bonchev–Trinajstić information content (AvgIpc) is 2.53. The van der Waals surface area contributed by atoms with Crippen LogP contribution in [0.1, 0.15) is 29.7 Å². The Morgan fingerprint density at radius 2 is 2.38 bits per heavy atom. The zero-order valence-corrected chi connectivity index (χ0v) is 9.69. The van der Waals surface area contributed by atoms with E-state index < -0.39 is 5.97 Å². The standard InChI is InChI=1S/C11H17N3O2/c1-4-6-7-14-8(3)13-9(10(14)12)11(15)16-5-2/h4H,1,5-7,12H2,2-3H3. The van der Waals surface area contributed by atoms with Gasteiger partial charge in [-0.2, -0.15) is 0 Å². The van der Waals surface area contributed by atoms with Crippen LogP contribution in [-0.4, -0.2) is 22.1 Å². The lowest BCUT2D eigenvalue weighted by Crippen LogP contribution is -2.10. The van der Waals surface area contributed by atoms with Gasteiger partial charge in [0, 0.05) is 6.54 Å². The van der Waals surface area contributed by atoms with Crippen molar-refractivity contribution in [1.29, 1.82) is 0 Å². The zero-order chi connectivity index (χ0) is 12.1. The van der Waals surface area contributed by atoms with Crippen molar-refractivity contribution in [3.8, 4) is 0 Å². The van der Waals surface area contributed by atoms with Crippen LogP contribution < -0.4 is 5.73 Å². The number of anilines is 1. The number of aryl methyl sites for hydroxylation is 1. The monoisotopic (exact) mass is 223 g/mol. The number of nitrogens with two attached hydrogens (primary N) is 1. The van der Waals surface area contributed by atoms with Crippen molar-refractivity contribution >= 4 is 11.8 Å². The van der Waals surface area contributed by atoms with Crippen molar-refractivity contribution < 1.29 is 9.53 Å². The number of imidazole rings is 1. The first-order valence-corrected chi connectivity index (χ1v) is 5.22. The van der Waals surface area contributed by atoms with Crippen LogP contribution in [0.3, 0.4) is 0 Å². The smallest absolute Gasteiger partial charge is 0.360 e. The topological polar surface area (TPSA) is 70.1 Å². The van der Waals surface area contributed by atoms with E-state index in [4.69, 9.17) is 10.5 Å². The number of nitrogens with zero attached hydrogens (tertiary/aromatic N) is 2. The highest BCUT2D eigenvalue weighted by Crippen LogP contribution is 2.15. The fraction of sp³-hybridized carbons (Fsp3) is 0.455. The predicted molar refractivity (Wildman–Crippen MR) is 62.1 cm³/mol. The Morgan fingerprint density at radius 3 is 2.94 bits per heavy atom. The van der Waals surface area contributed by atoms with E-state index in [0.29, 0.717) is 24.8 Å². The third-order valence-corrected chi connectivity index (χ3v) is 2.22. The Morgan fingerprint density at radius 1 is 1.69 bits per heavy atom. The van der Waals surface area contributed by atoms with Crippen LogP contribution in [0, 0.1) is 6.92 Å². The maximum atomic E-state index is 11.5. The molecule has 1 rings (SSSR count). The van der Waals surface area contributed by atoms with Gasteiger partial charge in [-0.15, -0.1) is 6.58 Å². The van der Waals surface area contributed by atoms with E-state index in [9.17, 15) is 4.79 Å². The van der Waals surface area contributed by atoms with Gasteiger partial charge in [-0.25, -0.2) is 9.78 Å². The number of carbonyl (C=O) groups excluding carboxylic acids is 1. The van der Waals surface area contributed by atoms with Gasteiger partial charge in [-0.1, -0.05) is 6.08 Å². The van der Waals surface area contributed by atoms with Crippen LogP contribution >= 0.6 is 0 Å². The molecule has 0 atom stereocenters. The molecule has 0 aliphatic heterocycles.